The standard InChI is InChI=1S/C30H27N5O3S/c1-2-38-30(37)23-19-12-6-9-15-22(19)39-29(23)35-17-31-26-24(28(35)36)25-27(33-21-14-8-7-13-20(21)32-25)34(26)16-18-10-4-3-5-11-18/h3-5,7-8,10-11,13-14,17,19,22H,2,6,9,12,15-16H2,1H3/t19-,22-/m1/s1. The average Bonchev–Trinajstić information content (AvgIpc) is 3.49. The van der Waals surface area contributed by atoms with Gasteiger partial charge in [-0.15, -0.1) is 11.8 Å². The van der Waals surface area contributed by atoms with Crippen LogP contribution in [0.5, 0.6) is 0 Å². The summed E-state index contributed by atoms with van der Waals surface area (Å²) in [6.07, 6.45) is 5.69. The number of fused-ring (bicyclic) bond motifs is 5. The van der Waals surface area contributed by atoms with Crippen LogP contribution in [0.1, 0.15) is 38.2 Å². The van der Waals surface area contributed by atoms with Gasteiger partial charge < -0.3 is 9.30 Å². The molecule has 3 aromatic heterocycles. The Balaban J connectivity index is 1.49. The van der Waals surface area contributed by atoms with Crippen molar-refractivity contribution < 1.29 is 9.53 Å². The zero-order chi connectivity index (χ0) is 26.5. The molecule has 0 unspecified atom stereocenters. The van der Waals surface area contributed by atoms with E-state index >= 15 is 0 Å². The van der Waals surface area contributed by atoms with Gasteiger partial charge in [-0.2, -0.15) is 0 Å². The van der Waals surface area contributed by atoms with Crippen molar-refractivity contribution in [1.82, 2.24) is 24.1 Å². The quantitative estimate of drug-likeness (QED) is 0.278. The smallest absolute Gasteiger partial charge is 0.337 e. The highest BCUT2D eigenvalue weighted by Crippen LogP contribution is 2.51. The number of aromatic nitrogens is 5. The van der Waals surface area contributed by atoms with E-state index in [1.807, 2.05) is 66.1 Å². The highest BCUT2D eigenvalue weighted by Gasteiger charge is 2.42. The second-order valence-corrected chi connectivity index (χ2v) is 11.3. The molecule has 2 atom stereocenters. The fourth-order valence-electron chi connectivity index (χ4n) is 5.93. The number of carbonyl (C=O) groups excluding carboxylic acids is 1. The van der Waals surface area contributed by atoms with Gasteiger partial charge >= 0.3 is 5.97 Å². The molecule has 39 heavy (non-hydrogen) atoms. The largest absolute Gasteiger partial charge is 0.463 e. The molecular weight excluding hydrogens is 510 g/mol. The molecule has 0 saturated heterocycles. The number of benzene rings is 2. The van der Waals surface area contributed by atoms with E-state index in [1.54, 1.807) is 22.7 Å². The molecule has 0 radical (unpaired) electrons. The van der Waals surface area contributed by atoms with Crippen LogP contribution in [0.2, 0.25) is 0 Å². The van der Waals surface area contributed by atoms with Crippen LogP contribution in [0, 0.1) is 5.92 Å². The topological polar surface area (TPSA) is 91.9 Å². The van der Waals surface area contributed by atoms with Gasteiger partial charge in [0.2, 0.25) is 0 Å². The average molecular weight is 538 g/mol. The van der Waals surface area contributed by atoms with Crippen LogP contribution in [0.4, 0.5) is 0 Å². The summed E-state index contributed by atoms with van der Waals surface area (Å²) in [4.78, 5) is 42.1. The minimum Gasteiger partial charge on any atom is -0.463 e. The second-order valence-electron chi connectivity index (χ2n) is 10.1. The Morgan fingerprint density at radius 2 is 1.74 bits per heavy atom. The summed E-state index contributed by atoms with van der Waals surface area (Å²) < 4.78 is 8.98. The maximum atomic E-state index is 14.3. The van der Waals surface area contributed by atoms with Crippen LogP contribution in [0.3, 0.4) is 0 Å². The highest BCUT2D eigenvalue weighted by atomic mass is 32.2. The van der Waals surface area contributed by atoms with Crippen LogP contribution in [0.15, 0.2) is 71.3 Å². The van der Waals surface area contributed by atoms with E-state index in [0.29, 0.717) is 51.5 Å². The Bertz CT molecular complexity index is 1840. The number of hydrogen-bond acceptors (Lipinski definition) is 7. The third-order valence-corrected chi connectivity index (χ3v) is 9.22. The molecule has 2 aliphatic rings. The van der Waals surface area contributed by atoms with Crippen molar-refractivity contribution in [2.45, 2.75) is 44.4 Å². The number of para-hydroxylation sites is 2. The lowest BCUT2D eigenvalue weighted by atomic mass is 9.84. The molecule has 0 spiro atoms. The van der Waals surface area contributed by atoms with Crippen molar-refractivity contribution in [3.05, 3.63) is 82.4 Å². The van der Waals surface area contributed by atoms with E-state index in [0.717, 1.165) is 36.8 Å². The van der Waals surface area contributed by atoms with E-state index in [1.165, 1.54) is 0 Å². The Labute approximate surface area is 228 Å². The first-order valence-corrected chi connectivity index (χ1v) is 14.3. The third-order valence-electron chi connectivity index (χ3n) is 7.72. The Morgan fingerprint density at radius 3 is 2.54 bits per heavy atom. The molecule has 4 heterocycles. The fraction of sp³-hybridized carbons (Fsp3) is 0.300. The Kier molecular flexibility index (Phi) is 5.96. The first kappa shape index (κ1) is 24.1. The fourth-order valence-corrected chi connectivity index (χ4v) is 7.55. The first-order chi connectivity index (χ1) is 19.1. The van der Waals surface area contributed by atoms with E-state index in [-0.39, 0.29) is 22.7 Å². The highest BCUT2D eigenvalue weighted by molar-refractivity contribution is 8.08. The molecular formula is C30H27N5O3S. The monoisotopic (exact) mass is 537 g/mol. The molecule has 0 bridgehead atoms. The van der Waals surface area contributed by atoms with Crippen molar-refractivity contribution in [1.29, 1.82) is 0 Å². The predicted octanol–water partition coefficient (Wildman–Crippen LogP) is 5.38. The van der Waals surface area contributed by atoms with Crippen LogP contribution in [-0.2, 0) is 16.1 Å². The van der Waals surface area contributed by atoms with Crippen LogP contribution >= 0.6 is 11.8 Å². The molecule has 2 aromatic carbocycles. The predicted molar refractivity (Wildman–Crippen MR) is 153 cm³/mol. The maximum absolute atomic E-state index is 14.3. The molecule has 196 valence electrons. The van der Waals surface area contributed by atoms with Crippen molar-refractivity contribution in [2.24, 2.45) is 5.92 Å². The number of nitrogens with zero attached hydrogens (tertiary/aromatic N) is 5. The lowest BCUT2D eigenvalue weighted by molar-refractivity contribution is -0.139. The van der Waals surface area contributed by atoms with Gasteiger partial charge in [0.25, 0.3) is 5.56 Å². The Hall–Kier alpha value is -3.98. The zero-order valence-electron chi connectivity index (χ0n) is 21.5. The van der Waals surface area contributed by atoms with Crippen molar-refractivity contribution in [3.8, 4) is 0 Å². The van der Waals surface area contributed by atoms with Gasteiger partial charge in [-0.25, -0.2) is 19.7 Å². The minimum absolute atomic E-state index is 0.0866. The number of hydrogen-bond donors (Lipinski definition) is 0. The van der Waals surface area contributed by atoms with Crippen molar-refractivity contribution in [2.75, 3.05) is 6.61 Å². The summed E-state index contributed by atoms with van der Waals surface area (Å²) in [5.74, 6) is -0.248. The van der Waals surface area contributed by atoms with Crippen LogP contribution in [-0.4, -0.2) is 41.9 Å². The van der Waals surface area contributed by atoms with Crippen molar-refractivity contribution >= 4 is 56.0 Å². The summed E-state index contributed by atoms with van der Waals surface area (Å²) in [6, 6.07) is 17.7. The van der Waals surface area contributed by atoms with Crippen molar-refractivity contribution in [3.63, 3.8) is 0 Å². The third kappa shape index (κ3) is 3.95. The second kappa shape index (κ2) is 9.64. The van der Waals surface area contributed by atoms with Gasteiger partial charge in [-0.05, 0) is 37.5 Å². The number of rotatable bonds is 5. The van der Waals surface area contributed by atoms with E-state index < -0.39 is 0 Å². The minimum atomic E-state index is -0.335. The number of esters is 1. The molecule has 9 heteroatoms. The summed E-state index contributed by atoms with van der Waals surface area (Å²) in [5, 5.41) is 1.31. The molecule has 1 fully saturated rings. The summed E-state index contributed by atoms with van der Waals surface area (Å²) in [7, 11) is 0. The normalized spacial score (nSPS) is 19.2. The van der Waals surface area contributed by atoms with Gasteiger partial charge in [-0.3, -0.25) is 9.36 Å². The van der Waals surface area contributed by atoms with E-state index in [2.05, 4.69) is 0 Å². The molecule has 1 saturated carbocycles. The molecule has 1 aliphatic heterocycles. The Morgan fingerprint density at radius 1 is 1.00 bits per heavy atom. The van der Waals surface area contributed by atoms with Gasteiger partial charge in [0.1, 0.15) is 17.2 Å². The summed E-state index contributed by atoms with van der Waals surface area (Å²) in [5.41, 5.74) is 4.57. The number of ether oxygens (including phenoxy) is 1. The van der Waals surface area contributed by atoms with Gasteiger partial charge in [0, 0.05) is 11.2 Å². The molecule has 0 N–H and O–H groups in total. The number of carbonyl (C=O) groups is 1. The first-order valence-electron chi connectivity index (χ1n) is 13.4. The molecule has 7 rings (SSSR count). The van der Waals surface area contributed by atoms with Gasteiger partial charge in [0.05, 0.1) is 34.8 Å². The molecule has 0 amide bonds. The number of thioether (sulfide) groups is 1. The molecule has 1 aliphatic carbocycles. The van der Waals surface area contributed by atoms with Crippen LogP contribution < -0.4 is 5.56 Å². The van der Waals surface area contributed by atoms with Crippen LogP contribution in [0.25, 0.3) is 38.3 Å². The van der Waals surface area contributed by atoms with Gasteiger partial charge in [0.15, 0.2) is 11.3 Å². The molecule has 5 aromatic rings. The lowest BCUT2D eigenvalue weighted by Gasteiger charge is -2.25. The van der Waals surface area contributed by atoms with Gasteiger partial charge in [-0.1, -0.05) is 55.3 Å². The lowest BCUT2D eigenvalue weighted by Crippen LogP contribution is -2.25. The SMILES string of the molecule is CCOC(=O)C1=C(n2cnc3c(c2=O)c2nc4ccccc4nc2n3Cc2ccccc2)S[C@@H]2CCCC[C@@H]12. The molecule has 8 nitrogen and oxygen atoms in total. The van der Waals surface area contributed by atoms with E-state index in [4.69, 9.17) is 19.7 Å². The summed E-state index contributed by atoms with van der Waals surface area (Å²) in [6.45, 7) is 2.60. The zero-order valence-corrected chi connectivity index (χ0v) is 22.4. The van der Waals surface area contributed by atoms with E-state index in [9.17, 15) is 9.59 Å². The summed E-state index contributed by atoms with van der Waals surface area (Å²) >= 11 is 1.61. The maximum Gasteiger partial charge on any atom is 0.337 e.